The minimum atomic E-state index is -0.958. The Kier molecular flexibility index (Phi) is 4.36. The van der Waals surface area contributed by atoms with E-state index in [1.54, 1.807) is 6.92 Å². The van der Waals surface area contributed by atoms with Crippen LogP contribution >= 0.6 is 0 Å². The standard InChI is InChI=1S/C9H19NO3/c1-5-13-8(12)6(10)7(11)9(2,3)4/h6-7,11H,5,10H2,1-4H3/t6-,7+/m0/s1. The van der Waals surface area contributed by atoms with Gasteiger partial charge in [-0.3, -0.25) is 4.79 Å². The van der Waals surface area contributed by atoms with Gasteiger partial charge in [0.2, 0.25) is 0 Å². The molecule has 0 aromatic carbocycles. The first kappa shape index (κ1) is 12.4. The third kappa shape index (κ3) is 3.74. The van der Waals surface area contributed by atoms with Crippen molar-refractivity contribution in [1.29, 1.82) is 0 Å². The van der Waals surface area contributed by atoms with Crippen LogP contribution < -0.4 is 5.73 Å². The molecule has 0 fully saturated rings. The van der Waals surface area contributed by atoms with Gasteiger partial charge in [-0.1, -0.05) is 20.8 Å². The van der Waals surface area contributed by atoms with Crippen LogP contribution in [0.5, 0.6) is 0 Å². The molecule has 78 valence electrons. The van der Waals surface area contributed by atoms with E-state index >= 15 is 0 Å². The largest absolute Gasteiger partial charge is 0.465 e. The molecule has 0 rings (SSSR count). The molecule has 2 atom stereocenters. The van der Waals surface area contributed by atoms with Gasteiger partial charge in [0.05, 0.1) is 12.7 Å². The number of carbonyl (C=O) groups is 1. The number of aliphatic hydroxyl groups excluding tert-OH is 1. The molecule has 0 aliphatic carbocycles. The SMILES string of the molecule is CCOC(=O)[C@@H](N)[C@@H](O)C(C)(C)C. The Morgan fingerprint density at radius 1 is 1.54 bits per heavy atom. The lowest BCUT2D eigenvalue weighted by Crippen LogP contribution is -2.49. The van der Waals surface area contributed by atoms with Crippen LogP contribution in [-0.4, -0.2) is 29.8 Å². The maximum atomic E-state index is 11.1. The molecular weight excluding hydrogens is 170 g/mol. The van der Waals surface area contributed by atoms with E-state index in [0.717, 1.165) is 0 Å². The van der Waals surface area contributed by atoms with Crippen molar-refractivity contribution >= 4 is 5.97 Å². The van der Waals surface area contributed by atoms with E-state index in [4.69, 9.17) is 10.5 Å². The molecule has 0 amide bonds. The van der Waals surface area contributed by atoms with Crippen molar-refractivity contribution in [2.75, 3.05) is 6.61 Å². The predicted octanol–water partition coefficient (Wildman–Crippen LogP) is 0.284. The molecule has 0 aliphatic heterocycles. The van der Waals surface area contributed by atoms with E-state index in [1.165, 1.54) is 0 Å². The molecule has 0 radical (unpaired) electrons. The minimum Gasteiger partial charge on any atom is -0.465 e. The average Bonchev–Trinajstić information content (AvgIpc) is 2.00. The predicted molar refractivity (Wildman–Crippen MR) is 50.1 cm³/mol. The molecule has 0 saturated carbocycles. The summed E-state index contributed by atoms with van der Waals surface area (Å²) in [5.41, 5.74) is 5.10. The Labute approximate surface area is 79.1 Å². The van der Waals surface area contributed by atoms with Crippen LogP contribution in [0.1, 0.15) is 27.7 Å². The molecule has 0 aliphatic rings. The lowest BCUT2D eigenvalue weighted by molar-refractivity contribution is -0.149. The zero-order chi connectivity index (χ0) is 10.6. The Morgan fingerprint density at radius 2 is 2.00 bits per heavy atom. The summed E-state index contributed by atoms with van der Waals surface area (Å²) in [6.07, 6.45) is -0.883. The van der Waals surface area contributed by atoms with E-state index in [9.17, 15) is 9.90 Å². The maximum Gasteiger partial charge on any atom is 0.325 e. The van der Waals surface area contributed by atoms with Gasteiger partial charge in [-0.15, -0.1) is 0 Å². The molecule has 0 aromatic rings. The highest BCUT2D eigenvalue weighted by Gasteiger charge is 2.33. The molecule has 3 N–H and O–H groups in total. The van der Waals surface area contributed by atoms with Gasteiger partial charge in [-0.2, -0.15) is 0 Å². The van der Waals surface area contributed by atoms with E-state index in [1.807, 2.05) is 20.8 Å². The molecule has 4 heteroatoms. The first-order chi connectivity index (χ1) is 5.80. The third-order valence-corrected chi connectivity index (χ3v) is 1.79. The monoisotopic (exact) mass is 189 g/mol. The normalized spacial score (nSPS) is 16.5. The van der Waals surface area contributed by atoms with Crippen molar-refractivity contribution < 1.29 is 14.6 Å². The first-order valence-corrected chi connectivity index (χ1v) is 4.41. The summed E-state index contributed by atoms with van der Waals surface area (Å²) in [4.78, 5) is 11.1. The Morgan fingerprint density at radius 3 is 2.31 bits per heavy atom. The summed E-state index contributed by atoms with van der Waals surface area (Å²) in [5, 5.41) is 9.63. The Hall–Kier alpha value is -0.610. The minimum absolute atomic E-state index is 0.281. The van der Waals surface area contributed by atoms with Gasteiger partial charge >= 0.3 is 5.97 Å². The smallest absolute Gasteiger partial charge is 0.325 e. The zero-order valence-electron chi connectivity index (χ0n) is 8.70. The van der Waals surface area contributed by atoms with Crippen molar-refractivity contribution in [3.63, 3.8) is 0 Å². The molecule has 0 bridgehead atoms. The van der Waals surface area contributed by atoms with E-state index < -0.39 is 23.5 Å². The first-order valence-electron chi connectivity index (χ1n) is 4.41. The van der Waals surface area contributed by atoms with E-state index in [-0.39, 0.29) is 6.61 Å². The van der Waals surface area contributed by atoms with Gasteiger partial charge in [-0.05, 0) is 12.3 Å². The number of esters is 1. The molecule has 4 nitrogen and oxygen atoms in total. The summed E-state index contributed by atoms with van der Waals surface area (Å²) >= 11 is 0. The molecule has 0 unspecified atom stereocenters. The maximum absolute atomic E-state index is 11.1. The quantitative estimate of drug-likeness (QED) is 0.626. The molecule has 0 heterocycles. The summed E-state index contributed by atoms with van der Waals surface area (Å²) in [7, 11) is 0. The van der Waals surface area contributed by atoms with Gasteiger partial charge in [-0.25, -0.2) is 0 Å². The van der Waals surface area contributed by atoms with Crippen molar-refractivity contribution in [1.82, 2.24) is 0 Å². The van der Waals surface area contributed by atoms with Crippen molar-refractivity contribution in [3.05, 3.63) is 0 Å². The fourth-order valence-electron chi connectivity index (χ4n) is 0.906. The topological polar surface area (TPSA) is 72.5 Å². The molecule has 0 spiro atoms. The van der Waals surface area contributed by atoms with Crippen LogP contribution in [0.25, 0.3) is 0 Å². The fourth-order valence-corrected chi connectivity index (χ4v) is 0.906. The number of nitrogens with two attached hydrogens (primary N) is 1. The molecular formula is C9H19NO3. The molecule has 0 aromatic heterocycles. The summed E-state index contributed by atoms with van der Waals surface area (Å²) < 4.78 is 4.70. The third-order valence-electron chi connectivity index (χ3n) is 1.79. The van der Waals surface area contributed by atoms with Crippen molar-refractivity contribution in [3.8, 4) is 0 Å². The number of carbonyl (C=O) groups excluding carboxylic acids is 1. The van der Waals surface area contributed by atoms with Crippen molar-refractivity contribution in [2.45, 2.75) is 39.8 Å². The number of ether oxygens (including phenoxy) is 1. The van der Waals surface area contributed by atoms with E-state index in [2.05, 4.69) is 0 Å². The second-order valence-corrected chi connectivity index (χ2v) is 4.09. The van der Waals surface area contributed by atoms with Crippen LogP contribution in [0.3, 0.4) is 0 Å². The lowest BCUT2D eigenvalue weighted by atomic mass is 9.85. The lowest BCUT2D eigenvalue weighted by Gasteiger charge is -2.29. The van der Waals surface area contributed by atoms with Crippen LogP contribution in [0.15, 0.2) is 0 Å². The number of hydrogen-bond donors (Lipinski definition) is 2. The van der Waals surface area contributed by atoms with Crippen LogP contribution in [-0.2, 0) is 9.53 Å². The zero-order valence-corrected chi connectivity index (χ0v) is 8.70. The summed E-state index contributed by atoms with van der Waals surface area (Å²) in [6, 6.07) is -0.958. The number of hydrogen-bond acceptors (Lipinski definition) is 4. The highest BCUT2D eigenvalue weighted by molar-refractivity contribution is 5.76. The second-order valence-electron chi connectivity index (χ2n) is 4.09. The van der Waals surface area contributed by atoms with Gasteiger partial charge in [0.25, 0.3) is 0 Å². The Bertz CT molecular complexity index is 174. The van der Waals surface area contributed by atoms with Gasteiger partial charge in [0.15, 0.2) is 0 Å². The van der Waals surface area contributed by atoms with Gasteiger partial charge in [0, 0.05) is 0 Å². The van der Waals surface area contributed by atoms with Gasteiger partial charge < -0.3 is 15.6 Å². The van der Waals surface area contributed by atoms with Crippen LogP contribution in [0.2, 0.25) is 0 Å². The molecule has 0 saturated heterocycles. The fraction of sp³-hybridized carbons (Fsp3) is 0.889. The highest BCUT2D eigenvalue weighted by atomic mass is 16.5. The Balaban J connectivity index is 4.25. The number of aliphatic hydroxyl groups is 1. The van der Waals surface area contributed by atoms with Gasteiger partial charge in [0.1, 0.15) is 6.04 Å². The van der Waals surface area contributed by atoms with E-state index in [0.29, 0.717) is 0 Å². The second kappa shape index (κ2) is 4.58. The highest BCUT2D eigenvalue weighted by Crippen LogP contribution is 2.21. The summed E-state index contributed by atoms with van der Waals surface area (Å²) in [6.45, 7) is 7.43. The average molecular weight is 189 g/mol. The van der Waals surface area contributed by atoms with Crippen molar-refractivity contribution in [2.24, 2.45) is 11.1 Å². The summed E-state index contributed by atoms with van der Waals surface area (Å²) in [5.74, 6) is -0.551. The number of rotatable bonds is 3. The van der Waals surface area contributed by atoms with Crippen LogP contribution in [0.4, 0.5) is 0 Å². The van der Waals surface area contributed by atoms with Crippen LogP contribution in [0, 0.1) is 5.41 Å². The molecule has 13 heavy (non-hydrogen) atoms.